The third-order valence-corrected chi connectivity index (χ3v) is 2.79. The van der Waals surface area contributed by atoms with Gasteiger partial charge in [-0.25, -0.2) is 14.4 Å². The van der Waals surface area contributed by atoms with Gasteiger partial charge in [0.05, 0.1) is 26.4 Å². The smallest absolute Gasteiger partial charge is 0.410 e. The lowest BCUT2D eigenvalue weighted by atomic mass is 10.4. The number of hydrogen-bond donors (Lipinski definition) is 1. The fourth-order valence-corrected chi connectivity index (χ4v) is 1.54. The van der Waals surface area contributed by atoms with Crippen LogP contribution in [-0.4, -0.2) is 79.8 Å². The van der Waals surface area contributed by atoms with Crippen LogP contribution in [0.1, 0.15) is 27.7 Å². The summed E-state index contributed by atoms with van der Waals surface area (Å²) in [6, 6.07) is 0. The van der Waals surface area contributed by atoms with Crippen molar-refractivity contribution in [3.05, 3.63) is 0 Å². The van der Waals surface area contributed by atoms with Crippen LogP contribution in [0.3, 0.4) is 0 Å². The van der Waals surface area contributed by atoms with E-state index < -0.39 is 30.2 Å². The lowest BCUT2D eigenvalue weighted by Crippen LogP contribution is -2.43. The van der Waals surface area contributed by atoms with E-state index in [1.165, 1.54) is 18.7 Å². The summed E-state index contributed by atoms with van der Waals surface area (Å²) in [7, 11) is 0. The van der Waals surface area contributed by atoms with Gasteiger partial charge in [0.2, 0.25) is 0 Å². The zero-order valence-corrected chi connectivity index (χ0v) is 14.6. The molecule has 1 fully saturated rings. The van der Waals surface area contributed by atoms with Crippen LogP contribution in [0.2, 0.25) is 0 Å². The highest BCUT2D eigenvalue weighted by molar-refractivity contribution is 5.78. The monoisotopic (exact) mass is 349 g/mol. The highest BCUT2D eigenvalue weighted by Crippen LogP contribution is 2.03. The van der Waals surface area contributed by atoms with Crippen molar-refractivity contribution in [2.24, 2.45) is 0 Å². The highest BCUT2D eigenvalue weighted by Gasteiger charge is 2.24. The molecule has 9 heteroatoms. The van der Waals surface area contributed by atoms with Crippen LogP contribution >= 0.6 is 0 Å². The van der Waals surface area contributed by atoms with Crippen molar-refractivity contribution in [3.8, 4) is 0 Å². The van der Waals surface area contributed by atoms with Crippen LogP contribution < -0.4 is 0 Å². The topological polar surface area (TPSA) is 112 Å². The molecule has 0 saturated carbocycles. The molecule has 1 N–H and O–H groups in total. The summed E-state index contributed by atoms with van der Waals surface area (Å²) < 4.78 is 19.2. The zero-order valence-electron chi connectivity index (χ0n) is 14.6. The molecule has 1 aliphatic heterocycles. The molecule has 0 bridgehead atoms. The van der Waals surface area contributed by atoms with Crippen LogP contribution in [0.5, 0.6) is 0 Å². The predicted octanol–water partition coefficient (Wildman–Crippen LogP) is 0.337. The molecule has 0 aromatic heterocycles. The van der Waals surface area contributed by atoms with Crippen molar-refractivity contribution < 1.29 is 38.4 Å². The Kier molecular flexibility index (Phi) is 11.6. The molecule has 24 heavy (non-hydrogen) atoms. The molecule has 0 aliphatic carbocycles. The largest absolute Gasteiger partial charge is 0.464 e. The number of morpholine rings is 1. The Hall–Kier alpha value is -1.87. The number of aliphatic hydroxyl groups excluding tert-OH is 1. The molecule has 2 atom stereocenters. The number of carbonyl (C=O) groups excluding carboxylic acids is 3. The predicted molar refractivity (Wildman–Crippen MR) is 83.3 cm³/mol. The number of amides is 1. The first kappa shape index (κ1) is 22.1. The van der Waals surface area contributed by atoms with Crippen molar-refractivity contribution in [2.45, 2.75) is 39.9 Å². The number of ether oxygens (including phenoxy) is 4. The van der Waals surface area contributed by atoms with Crippen LogP contribution in [0, 0.1) is 0 Å². The molecule has 9 nitrogen and oxygen atoms in total. The van der Waals surface area contributed by atoms with E-state index in [1.54, 1.807) is 13.8 Å². The second-order valence-electron chi connectivity index (χ2n) is 4.81. The van der Waals surface area contributed by atoms with Gasteiger partial charge in [-0.05, 0) is 27.7 Å². The molecule has 0 radical (unpaired) electrons. The summed E-state index contributed by atoms with van der Waals surface area (Å²) in [4.78, 5) is 34.6. The second-order valence-corrected chi connectivity index (χ2v) is 4.81. The van der Waals surface area contributed by atoms with Crippen LogP contribution in [0.15, 0.2) is 0 Å². The third-order valence-electron chi connectivity index (χ3n) is 2.79. The number of hydrogen-bond acceptors (Lipinski definition) is 8. The maximum absolute atomic E-state index is 11.6. The van der Waals surface area contributed by atoms with Gasteiger partial charge in [0, 0.05) is 13.1 Å². The van der Waals surface area contributed by atoms with Crippen LogP contribution in [-0.2, 0) is 28.5 Å². The molecule has 0 spiro atoms. The Morgan fingerprint density at radius 1 is 1.04 bits per heavy atom. The fourth-order valence-electron chi connectivity index (χ4n) is 1.54. The highest BCUT2D eigenvalue weighted by atomic mass is 16.6. The molecule has 0 aromatic rings. The third kappa shape index (κ3) is 9.31. The van der Waals surface area contributed by atoms with E-state index in [0.717, 1.165) is 0 Å². The van der Waals surface area contributed by atoms with Crippen LogP contribution in [0.25, 0.3) is 0 Å². The summed E-state index contributed by atoms with van der Waals surface area (Å²) in [5.74, 6) is -1.09. The van der Waals surface area contributed by atoms with E-state index in [0.29, 0.717) is 32.9 Å². The number of rotatable bonds is 5. The molecule has 1 aliphatic rings. The first-order valence-corrected chi connectivity index (χ1v) is 7.88. The van der Waals surface area contributed by atoms with E-state index in [1.807, 2.05) is 0 Å². The summed E-state index contributed by atoms with van der Waals surface area (Å²) in [6.45, 7) is 8.86. The normalized spacial score (nSPS) is 16.1. The summed E-state index contributed by atoms with van der Waals surface area (Å²) in [6.07, 6.45) is -2.35. The van der Waals surface area contributed by atoms with Crippen molar-refractivity contribution >= 4 is 18.0 Å². The minimum absolute atomic E-state index is 0.276. The van der Waals surface area contributed by atoms with Crippen molar-refractivity contribution in [3.63, 3.8) is 0 Å². The van der Waals surface area contributed by atoms with Crippen molar-refractivity contribution in [2.75, 3.05) is 39.5 Å². The number of nitrogens with zero attached hydrogens (tertiary/aromatic N) is 1. The Morgan fingerprint density at radius 3 is 1.96 bits per heavy atom. The quantitative estimate of drug-likeness (QED) is 0.558. The molecule has 1 saturated heterocycles. The van der Waals surface area contributed by atoms with Gasteiger partial charge in [-0.1, -0.05) is 0 Å². The zero-order chi connectivity index (χ0) is 18.5. The Balaban J connectivity index is 0.000000561. The van der Waals surface area contributed by atoms with E-state index in [2.05, 4.69) is 4.74 Å². The Morgan fingerprint density at radius 2 is 1.54 bits per heavy atom. The van der Waals surface area contributed by atoms with Gasteiger partial charge in [-0.2, -0.15) is 0 Å². The van der Waals surface area contributed by atoms with E-state index in [-0.39, 0.29) is 6.61 Å². The molecular formula is C15H27NO8. The van der Waals surface area contributed by atoms with Crippen molar-refractivity contribution in [1.29, 1.82) is 0 Å². The number of esters is 2. The minimum Gasteiger partial charge on any atom is -0.464 e. The fraction of sp³-hybridized carbons (Fsp3) is 0.800. The van der Waals surface area contributed by atoms with E-state index in [9.17, 15) is 14.4 Å². The number of aliphatic hydroxyl groups is 1. The average Bonchev–Trinajstić information content (AvgIpc) is 2.56. The second kappa shape index (κ2) is 12.5. The summed E-state index contributed by atoms with van der Waals surface area (Å²) in [5.41, 5.74) is 0. The molecule has 0 unspecified atom stereocenters. The molecule has 1 heterocycles. The lowest BCUT2D eigenvalue weighted by molar-refractivity contribution is -0.153. The molecule has 1 rings (SSSR count). The van der Waals surface area contributed by atoms with E-state index in [4.69, 9.17) is 19.3 Å². The Labute approximate surface area is 141 Å². The van der Waals surface area contributed by atoms with E-state index >= 15 is 0 Å². The number of carbonyl (C=O) groups is 3. The molecule has 0 aromatic carbocycles. The van der Waals surface area contributed by atoms with Gasteiger partial charge in [0.25, 0.3) is 0 Å². The maximum atomic E-state index is 11.6. The maximum Gasteiger partial charge on any atom is 0.410 e. The average molecular weight is 349 g/mol. The molecular weight excluding hydrogens is 322 g/mol. The van der Waals surface area contributed by atoms with Crippen molar-refractivity contribution in [1.82, 2.24) is 4.90 Å². The van der Waals surface area contributed by atoms with Gasteiger partial charge in [-0.15, -0.1) is 0 Å². The lowest BCUT2D eigenvalue weighted by Gasteiger charge is -2.26. The first-order chi connectivity index (χ1) is 11.3. The van der Waals surface area contributed by atoms with Gasteiger partial charge in [0.1, 0.15) is 6.10 Å². The van der Waals surface area contributed by atoms with Crippen LogP contribution in [0.4, 0.5) is 4.79 Å². The van der Waals surface area contributed by atoms with Gasteiger partial charge in [-0.3, -0.25) is 0 Å². The first-order valence-electron chi connectivity index (χ1n) is 7.88. The van der Waals surface area contributed by atoms with Gasteiger partial charge >= 0.3 is 18.0 Å². The molecule has 140 valence electrons. The summed E-state index contributed by atoms with van der Waals surface area (Å²) >= 11 is 0. The standard InChI is InChI=1S/C10H17NO5.C5H10O3/c1-3-15-9(12)8(2)16-10(13)11-4-6-14-7-5-11;1-3-8-5(7)4(2)6/h8H,3-7H2,1-2H3;4,6H,3H2,1-2H3/t8-;4-/m00/s1. The van der Waals surface area contributed by atoms with Gasteiger partial charge in [0.15, 0.2) is 6.10 Å². The molecule has 1 amide bonds. The SMILES string of the molecule is CCOC(=O)[C@H](C)O.CCOC(=O)[C@H](C)OC(=O)N1CCOCC1. The minimum atomic E-state index is -0.991. The summed E-state index contributed by atoms with van der Waals surface area (Å²) in [5, 5.41) is 8.48. The Bertz CT molecular complexity index is 393. The van der Waals surface area contributed by atoms with Gasteiger partial charge < -0.3 is 29.0 Å².